The number of nitrogens with zero attached hydrogens (tertiary/aromatic N) is 6. The lowest BCUT2D eigenvalue weighted by molar-refractivity contribution is 0.579. The summed E-state index contributed by atoms with van der Waals surface area (Å²) in [5.41, 5.74) is 5.70. The summed E-state index contributed by atoms with van der Waals surface area (Å²) in [6.45, 7) is 3.88. The number of hydrogen-bond donors (Lipinski definition) is 1. The second-order valence-corrected chi connectivity index (χ2v) is 11.2. The number of para-hydroxylation sites is 2. The predicted octanol–water partition coefficient (Wildman–Crippen LogP) is 5.63. The molecule has 3 aromatic heterocycles. The van der Waals surface area contributed by atoms with E-state index >= 15 is 0 Å². The molecule has 1 N–H and O–H groups in total. The molecule has 7 rings (SSSR count). The van der Waals surface area contributed by atoms with Gasteiger partial charge in [-0.3, -0.25) is 9.36 Å². The summed E-state index contributed by atoms with van der Waals surface area (Å²) in [7, 11) is 0. The zero-order valence-electron chi connectivity index (χ0n) is 22.2. The number of halogens is 1. The number of thiazole rings is 1. The van der Waals surface area contributed by atoms with Crippen LogP contribution in [-0.2, 0) is 0 Å². The zero-order chi connectivity index (χ0) is 28.1. The van der Waals surface area contributed by atoms with E-state index in [4.69, 9.17) is 26.8 Å². The van der Waals surface area contributed by atoms with Gasteiger partial charge in [0.05, 0.1) is 21.6 Å². The van der Waals surface area contributed by atoms with Gasteiger partial charge in [-0.05, 0) is 56.3 Å². The van der Waals surface area contributed by atoms with Gasteiger partial charge in [0.25, 0.3) is 5.56 Å². The molecule has 1 atom stereocenters. The predicted molar refractivity (Wildman–Crippen MR) is 163 cm³/mol. The van der Waals surface area contributed by atoms with Gasteiger partial charge >= 0.3 is 0 Å². The van der Waals surface area contributed by atoms with Crippen LogP contribution in [0.25, 0.3) is 28.7 Å². The number of benzene rings is 3. The standard InChI is InChI=1S/C31H24ClN7OS/c1-19-27-29(39(35-19)25-11-7-4-8-12-25)33-20(2)38-30(40)26(41-31(38)34-27)17-22-18-37(24-9-5-3-6-10-24)36-28(22)21-13-15-23(32)16-14-21/h3-18,20,33H,1-2H3/b26-17-. The smallest absolute Gasteiger partial charge is 0.271 e. The molecule has 0 aliphatic carbocycles. The van der Waals surface area contributed by atoms with Crippen LogP contribution >= 0.6 is 22.9 Å². The first-order valence-electron chi connectivity index (χ1n) is 13.1. The van der Waals surface area contributed by atoms with Crippen LogP contribution in [0.5, 0.6) is 0 Å². The van der Waals surface area contributed by atoms with Crippen molar-refractivity contribution < 1.29 is 0 Å². The average Bonchev–Trinajstić information content (AvgIpc) is 3.61. The van der Waals surface area contributed by atoms with E-state index in [-0.39, 0.29) is 11.7 Å². The largest absolute Gasteiger partial charge is 0.348 e. The molecule has 10 heteroatoms. The van der Waals surface area contributed by atoms with Crippen LogP contribution < -0.4 is 20.2 Å². The highest BCUT2D eigenvalue weighted by Gasteiger charge is 2.24. The van der Waals surface area contributed by atoms with Crippen LogP contribution in [-0.4, -0.2) is 24.1 Å². The molecule has 1 unspecified atom stereocenters. The fourth-order valence-corrected chi connectivity index (χ4v) is 6.15. The lowest BCUT2D eigenvalue weighted by Crippen LogP contribution is -2.36. The highest BCUT2D eigenvalue weighted by Crippen LogP contribution is 2.34. The minimum absolute atomic E-state index is 0.120. The third-order valence-electron chi connectivity index (χ3n) is 6.97. The fraction of sp³-hybridized carbons (Fsp3) is 0.0968. The van der Waals surface area contributed by atoms with Crippen molar-refractivity contribution in [1.82, 2.24) is 24.1 Å². The van der Waals surface area contributed by atoms with Gasteiger partial charge in [0, 0.05) is 22.3 Å². The molecule has 0 saturated heterocycles. The van der Waals surface area contributed by atoms with E-state index in [1.54, 1.807) is 4.57 Å². The van der Waals surface area contributed by atoms with Gasteiger partial charge in [0.1, 0.15) is 17.5 Å². The number of aryl methyl sites for hydroxylation is 1. The molecule has 202 valence electrons. The average molecular weight is 578 g/mol. The first-order valence-corrected chi connectivity index (χ1v) is 14.3. The minimum atomic E-state index is -0.345. The van der Waals surface area contributed by atoms with E-state index in [1.807, 2.05) is 120 Å². The number of nitrogens with one attached hydrogen (secondary N) is 1. The van der Waals surface area contributed by atoms with Crippen LogP contribution in [0.15, 0.2) is 101 Å². The Balaban J connectivity index is 1.40. The van der Waals surface area contributed by atoms with Crippen LogP contribution in [0, 0.1) is 6.92 Å². The Kier molecular flexibility index (Phi) is 6.18. The van der Waals surface area contributed by atoms with Crippen molar-refractivity contribution in [1.29, 1.82) is 0 Å². The molecule has 0 bridgehead atoms. The van der Waals surface area contributed by atoms with Crippen molar-refractivity contribution in [2.75, 3.05) is 5.32 Å². The Morgan fingerprint density at radius 2 is 1.61 bits per heavy atom. The van der Waals surface area contributed by atoms with E-state index in [1.165, 1.54) is 11.3 Å². The molecule has 0 spiro atoms. The summed E-state index contributed by atoms with van der Waals surface area (Å²) < 4.78 is 5.94. The third kappa shape index (κ3) is 4.49. The summed E-state index contributed by atoms with van der Waals surface area (Å²) in [5.74, 6) is 0.760. The Morgan fingerprint density at radius 3 is 2.32 bits per heavy atom. The molecule has 0 saturated carbocycles. The van der Waals surface area contributed by atoms with Gasteiger partial charge in [0.15, 0.2) is 10.6 Å². The van der Waals surface area contributed by atoms with E-state index in [0.29, 0.717) is 14.4 Å². The molecule has 0 fully saturated rings. The van der Waals surface area contributed by atoms with E-state index in [2.05, 4.69) is 5.32 Å². The molecule has 8 nitrogen and oxygen atoms in total. The quantitative estimate of drug-likeness (QED) is 0.294. The van der Waals surface area contributed by atoms with E-state index in [0.717, 1.165) is 45.4 Å². The molecule has 4 heterocycles. The molecular formula is C31H24ClN7OS. The molecule has 1 aliphatic heterocycles. The molecule has 1 aliphatic rings. The highest BCUT2D eigenvalue weighted by atomic mass is 35.5. The van der Waals surface area contributed by atoms with Crippen molar-refractivity contribution in [2.45, 2.75) is 20.0 Å². The Bertz CT molecular complexity index is 2070. The highest BCUT2D eigenvalue weighted by molar-refractivity contribution is 7.07. The lowest BCUT2D eigenvalue weighted by Gasteiger charge is -2.15. The zero-order valence-corrected chi connectivity index (χ0v) is 23.8. The Labute approximate surface area is 244 Å². The fourth-order valence-electron chi connectivity index (χ4n) is 4.98. The third-order valence-corrected chi connectivity index (χ3v) is 8.21. The maximum Gasteiger partial charge on any atom is 0.271 e. The Hall–Kier alpha value is -4.73. The van der Waals surface area contributed by atoms with Gasteiger partial charge in [0.2, 0.25) is 0 Å². The van der Waals surface area contributed by atoms with Crippen LogP contribution in [0.2, 0.25) is 5.02 Å². The lowest BCUT2D eigenvalue weighted by atomic mass is 10.1. The molecule has 6 aromatic rings. The van der Waals surface area contributed by atoms with Crippen LogP contribution in [0.4, 0.5) is 11.5 Å². The summed E-state index contributed by atoms with van der Waals surface area (Å²) in [6, 6.07) is 27.3. The van der Waals surface area contributed by atoms with Crippen molar-refractivity contribution in [3.63, 3.8) is 0 Å². The Morgan fingerprint density at radius 1 is 0.927 bits per heavy atom. The first-order chi connectivity index (χ1) is 20.0. The number of aromatic nitrogens is 5. The molecule has 0 radical (unpaired) electrons. The normalized spacial score (nSPS) is 14.6. The second-order valence-electron chi connectivity index (χ2n) is 9.75. The van der Waals surface area contributed by atoms with Crippen LogP contribution in [0.3, 0.4) is 0 Å². The van der Waals surface area contributed by atoms with Crippen LogP contribution in [0.1, 0.15) is 24.3 Å². The topological polar surface area (TPSA) is 82.0 Å². The molecule has 3 aromatic carbocycles. The number of fused-ring (bicyclic) bond motifs is 2. The van der Waals surface area contributed by atoms with Crippen molar-refractivity contribution in [3.8, 4) is 22.6 Å². The molecular weight excluding hydrogens is 554 g/mol. The summed E-state index contributed by atoms with van der Waals surface area (Å²) >= 11 is 7.52. The maximum atomic E-state index is 13.8. The summed E-state index contributed by atoms with van der Waals surface area (Å²) in [6.07, 6.45) is 3.50. The van der Waals surface area contributed by atoms with E-state index in [9.17, 15) is 4.79 Å². The molecule has 41 heavy (non-hydrogen) atoms. The van der Waals surface area contributed by atoms with Gasteiger partial charge in [-0.1, -0.05) is 71.5 Å². The summed E-state index contributed by atoms with van der Waals surface area (Å²) in [4.78, 5) is 19.4. The maximum absolute atomic E-state index is 13.8. The van der Waals surface area contributed by atoms with Crippen molar-refractivity contribution >= 4 is 40.5 Å². The SMILES string of the molecule is Cc1nn(-c2ccccc2)c2c1N=c1s/c(=C\c3cn(-c4ccccc4)nc3-c3ccc(Cl)cc3)c(=O)n1C(C)N2. The monoisotopic (exact) mass is 577 g/mol. The number of anilines is 1. The second kappa shape index (κ2) is 10.0. The first kappa shape index (κ1) is 25.3. The summed E-state index contributed by atoms with van der Waals surface area (Å²) in [5, 5.41) is 13.8. The van der Waals surface area contributed by atoms with Crippen molar-refractivity contribution in [3.05, 3.63) is 127 Å². The number of rotatable bonds is 4. The van der Waals surface area contributed by atoms with Gasteiger partial charge in [-0.15, -0.1) is 0 Å². The molecule has 0 amide bonds. The minimum Gasteiger partial charge on any atom is -0.348 e. The van der Waals surface area contributed by atoms with Gasteiger partial charge in [-0.25, -0.2) is 14.4 Å². The van der Waals surface area contributed by atoms with Gasteiger partial charge < -0.3 is 5.32 Å². The van der Waals surface area contributed by atoms with Gasteiger partial charge in [-0.2, -0.15) is 10.2 Å². The van der Waals surface area contributed by atoms with Crippen molar-refractivity contribution in [2.24, 2.45) is 4.99 Å². The van der Waals surface area contributed by atoms with E-state index < -0.39 is 0 Å². The number of hydrogen-bond acceptors (Lipinski definition) is 6.